The summed E-state index contributed by atoms with van der Waals surface area (Å²) in [5, 5.41) is 12.6. The van der Waals surface area contributed by atoms with Crippen molar-refractivity contribution in [2.45, 2.75) is 52.2 Å². The zero-order chi connectivity index (χ0) is 19.5. The minimum Gasteiger partial charge on any atom is -0.444 e. The number of hydrogen-bond acceptors (Lipinski definition) is 4. The first-order valence-corrected chi connectivity index (χ1v) is 8.23. The van der Waals surface area contributed by atoms with Gasteiger partial charge in [0.15, 0.2) is 0 Å². The second-order valence-electron chi connectivity index (χ2n) is 7.04. The number of amides is 1. The number of halogens is 2. The molecule has 0 aliphatic carbocycles. The second kappa shape index (κ2) is 7.82. The molecule has 0 saturated carbocycles. The Labute approximate surface area is 150 Å². The first-order chi connectivity index (χ1) is 12.0. The van der Waals surface area contributed by atoms with Crippen molar-refractivity contribution < 1.29 is 23.4 Å². The first-order valence-electron chi connectivity index (χ1n) is 8.23. The molecular weight excluding hydrogens is 344 g/mol. The molecule has 1 atom stereocenters. The molecule has 1 unspecified atom stereocenters. The van der Waals surface area contributed by atoms with Gasteiger partial charge in [0.05, 0.1) is 11.8 Å². The van der Waals surface area contributed by atoms with E-state index in [1.807, 2.05) is 0 Å². The second-order valence-corrected chi connectivity index (χ2v) is 7.04. The van der Waals surface area contributed by atoms with Crippen LogP contribution in [0.3, 0.4) is 0 Å². The van der Waals surface area contributed by atoms with Crippen LogP contribution in [0.15, 0.2) is 18.2 Å². The van der Waals surface area contributed by atoms with Crippen molar-refractivity contribution in [1.29, 1.82) is 0 Å². The van der Waals surface area contributed by atoms with Crippen molar-refractivity contribution in [3.63, 3.8) is 0 Å². The van der Waals surface area contributed by atoms with Crippen molar-refractivity contribution >= 4 is 12.0 Å². The van der Waals surface area contributed by atoms with E-state index in [4.69, 9.17) is 4.74 Å². The Morgan fingerprint density at radius 2 is 1.92 bits per heavy atom. The number of aromatic nitrogens is 2. The third-order valence-corrected chi connectivity index (χ3v) is 3.53. The lowest BCUT2D eigenvalue weighted by atomic mass is 10.0. The number of carbonyl (C=O) groups is 1. The van der Waals surface area contributed by atoms with Gasteiger partial charge in [-0.1, -0.05) is 0 Å². The Kier molecular flexibility index (Phi) is 5.97. The Morgan fingerprint density at radius 3 is 2.50 bits per heavy atom. The van der Waals surface area contributed by atoms with E-state index in [0.717, 1.165) is 18.2 Å². The van der Waals surface area contributed by atoms with Gasteiger partial charge < -0.3 is 14.8 Å². The van der Waals surface area contributed by atoms with Gasteiger partial charge in [0, 0.05) is 11.8 Å². The van der Waals surface area contributed by atoms with Crippen LogP contribution in [0.4, 0.5) is 19.5 Å². The zero-order valence-electron chi connectivity index (χ0n) is 15.2. The Balaban J connectivity index is 1.98. The van der Waals surface area contributed by atoms with Crippen LogP contribution < -0.4 is 5.32 Å². The average molecular weight is 367 g/mol. The summed E-state index contributed by atoms with van der Waals surface area (Å²) in [4.78, 5) is 18.9. The maximum absolute atomic E-state index is 13.2. The third kappa shape index (κ3) is 5.80. The highest BCUT2D eigenvalue weighted by molar-refractivity contribution is 5.82. The van der Waals surface area contributed by atoms with Crippen molar-refractivity contribution in [3.8, 4) is 0 Å². The Bertz CT molecular complexity index is 764. The van der Waals surface area contributed by atoms with Gasteiger partial charge in [-0.15, -0.1) is 0 Å². The fourth-order valence-electron chi connectivity index (χ4n) is 2.41. The third-order valence-electron chi connectivity index (χ3n) is 3.53. The fraction of sp³-hybridized carbons (Fsp3) is 0.444. The molecule has 6 nitrogen and oxygen atoms in total. The predicted molar refractivity (Wildman–Crippen MR) is 92.8 cm³/mol. The van der Waals surface area contributed by atoms with Gasteiger partial charge in [0.1, 0.15) is 17.2 Å². The lowest BCUT2D eigenvalue weighted by Crippen LogP contribution is -2.27. The van der Waals surface area contributed by atoms with E-state index >= 15 is 0 Å². The molecule has 0 saturated heterocycles. The molecular formula is C18H23F2N3O3. The first kappa shape index (κ1) is 19.8. The molecule has 2 rings (SSSR count). The molecule has 142 valence electrons. The topological polar surface area (TPSA) is 87.2 Å². The number of aliphatic hydroxyl groups is 1. The van der Waals surface area contributed by atoms with Crippen molar-refractivity contribution in [3.05, 3.63) is 46.8 Å². The fourth-order valence-corrected chi connectivity index (χ4v) is 2.41. The number of anilines is 1. The summed E-state index contributed by atoms with van der Waals surface area (Å²) in [6.45, 7) is 7.03. The normalized spacial score (nSPS) is 12.7. The van der Waals surface area contributed by atoms with Crippen molar-refractivity contribution in [2.24, 2.45) is 0 Å². The number of nitrogens with one attached hydrogen (secondary N) is 2. The van der Waals surface area contributed by atoms with Gasteiger partial charge in [-0.2, -0.15) is 0 Å². The predicted octanol–water partition coefficient (Wildman–Crippen LogP) is 4.01. The summed E-state index contributed by atoms with van der Waals surface area (Å²) < 4.78 is 31.6. The van der Waals surface area contributed by atoms with Crippen LogP contribution in [-0.4, -0.2) is 26.8 Å². The van der Waals surface area contributed by atoms with Gasteiger partial charge in [-0.05, 0) is 58.2 Å². The molecule has 0 aliphatic heterocycles. The number of hydrogen-bond donors (Lipinski definition) is 3. The van der Waals surface area contributed by atoms with E-state index in [9.17, 15) is 18.7 Å². The van der Waals surface area contributed by atoms with E-state index in [2.05, 4.69) is 15.3 Å². The van der Waals surface area contributed by atoms with Gasteiger partial charge in [0.2, 0.25) is 5.95 Å². The SMILES string of the molecule is Cc1[nH]c(NC(=O)OC(C)(C)C)nc1CCC(O)c1cc(F)cc(F)c1. The number of benzene rings is 1. The van der Waals surface area contributed by atoms with Crippen LogP contribution in [-0.2, 0) is 11.2 Å². The lowest BCUT2D eigenvalue weighted by molar-refractivity contribution is 0.0634. The van der Waals surface area contributed by atoms with Crippen LogP contribution in [0.1, 0.15) is 50.2 Å². The van der Waals surface area contributed by atoms with E-state index in [1.54, 1.807) is 27.7 Å². The summed E-state index contributed by atoms with van der Waals surface area (Å²) >= 11 is 0. The summed E-state index contributed by atoms with van der Waals surface area (Å²) in [5.74, 6) is -1.24. The minimum atomic E-state index is -1.03. The molecule has 0 spiro atoms. The molecule has 1 heterocycles. The van der Waals surface area contributed by atoms with E-state index in [-0.39, 0.29) is 17.9 Å². The molecule has 3 N–H and O–H groups in total. The highest BCUT2D eigenvalue weighted by Crippen LogP contribution is 2.22. The molecule has 0 aliphatic rings. The monoisotopic (exact) mass is 367 g/mol. The number of ether oxygens (including phenoxy) is 1. The largest absolute Gasteiger partial charge is 0.444 e. The van der Waals surface area contributed by atoms with Crippen molar-refractivity contribution in [2.75, 3.05) is 5.32 Å². The molecule has 0 fully saturated rings. The van der Waals surface area contributed by atoms with Crippen LogP contribution >= 0.6 is 0 Å². The minimum absolute atomic E-state index is 0.169. The number of rotatable bonds is 5. The maximum atomic E-state index is 13.2. The van der Waals surface area contributed by atoms with Gasteiger partial charge in [0.25, 0.3) is 0 Å². The molecule has 1 aromatic carbocycles. The number of carbonyl (C=O) groups excluding carboxylic acids is 1. The van der Waals surface area contributed by atoms with E-state index in [1.165, 1.54) is 0 Å². The van der Waals surface area contributed by atoms with Crippen LogP contribution in [0.5, 0.6) is 0 Å². The number of aromatic amines is 1. The van der Waals surface area contributed by atoms with Gasteiger partial charge >= 0.3 is 6.09 Å². The smallest absolute Gasteiger partial charge is 0.414 e. The summed E-state index contributed by atoms with van der Waals surface area (Å²) in [7, 11) is 0. The molecule has 0 bridgehead atoms. The van der Waals surface area contributed by atoms with Crippen LogP contribution in [0, 0.1) is 18.6 Å². The lowest BCUT2D eigenvalue weighted by Gasteiger charge is -2.18. The molecule has 2 aromatic rings. The molecule has 26 heavy (non-hydrogen) atoms. The highest BCUT2D eigenvalue weighted by Gasteiger charge is 2.18. The molecule has 1 aromatic heterocycles. The quantitative estimate of drug-likeness (QED) is 0.745. The maximum Gasteiger partial charge on any atom is 0.414 e. The van der Waals surface area contributed by atoms with Gasteiger partial charge in [-0.3, -0.25) is 5.32 Å². The number of nitrogens with zero attached hydrogens (tertiary/aromatic N) is 1. The Hall–Kier alpha value is -2.48. The highest BCUT2D eigenvalue weighted by atomic mass is 19.1. The zero-order valence-corrected chi connectivity index (χ0v) is 15.2. The van der Waals surface area contributed by atoms with Crippen molar-refractivity contribution in [1.82, 2.24) is 9.97 Å². The van der Waals surface area contributed by atoms with E-state index < -0.39 is 29.4 Å². The molecule has 0 radical (unpaired) electrons. The Morgan fingerprint density at radius 1 is 1.31 bits per heavy atom. The summed E-state index contributed by atoms with van der Waals surface area (Å²) in [6.07, 6.45) is -1.08. The summed E-state index contributed by atoms with van der Waals surface area (Å²) in [6, 6.07) is 2.95. The number of imidazole rings is 1. The van der Waals surface area contributed by atoms with Gasteiger partial charge in [-0.25, -0.2) is 18.6 Å². The number of H-pyrrole nitrogens is 1. The number of aliphatic hydroxyl groups excluding tert-OH is 1. The van der Waals surface area contributed by atoms with E-state index in [0.29, 0.717) is 17.8 Å². The summed E-state index contributed by atoms with van der Waals surface area (Å²) in [5.41, 5.74) is 0.891. The van der Waals surface area contributed by atoms with Crippen LogP contribution in [0.2, 0.25) is 0 Å². The van der Waals surface area contributed by atoms with Crippen LogP contribution in [0.25, 0.3) is 0 Å². The standard InChI is InChI=1S/C18H23F2N3O3/c1-10-14(22-16(21-10)23-17(25)26-18(2,3)4)5-6-15(24)11-7-12(19)9-13(20)8-11/h7-9,15,24H,5-6H2,1-4H3,(H2,21,22,23,25). The molecule has 1 amide bonds. The molecule has 8 heteroatoms. The average Bonchev–Trinajstić information content (AvgIpc) is 2.81. The number of aryl methyl sites for hydroxylation is 2.